The largest absolute Gasteiger partial charge is 0.461 e. The average molecular weight is 251 g/mol. The number of pyridine rings is 2. The summed E-state index contributed by atoms with van der Waals surface area (Å²) in [7, 11) is 0. The Hall–Kier alpha value is -1.68. The highest BCUT2D eigenvalue weighted by atomic mass is 35.5. The highest BCUT2D eigenvalue weighted by Crippen LogP contribution is 2.23. The predicted molar refractivity (Wildman–Crippen MR) is 65.2 cm³/mol. The molecule has 5 heteroatoms. The van der Waals surface area contributed by atoms with Crippen LogP contribution in [0.25, 0.3) is 10.9 Å². The zero-order valence-corrected chi connectivity index (χ0v) is 10.3. The van der Waals surface area contributed by atoms with E-state index in [4.69, 9.17) is 16.3 Å². The smallest absolute Gasteiger partial charge is 0.356 e. The van der Waals surface area contributed by atoms with Gasteiger partial charge in [0.25, 0.3) is 0 Å². The summed E-state index contributed by atoms with van der Waals surface area (Å²) in [5.74, 6) is -0.475. The van der Waals surface area contributed by atoms with Crippen molar-refractivity contribution in [3.8, 4) is 0 Å². The standard InChI is InChI=1S/C12H11ClN2O2/c1-3-17-12(16)10-5-9(13)8-4-7(2)14-6-11(8)15-10/h4-6H,3H2,1-2H3. The van der Waals surface area contributed by atoms with Crippen molar-refractivity contribution in [1.29, 1.82) is 0 Å². The summed E-state index contributed by atoms with van der Waals surface area (Å²) in [6, 6.07) is 3.35. The van der Waals surface area contributed by atoms with Crippen LogP contribution in [0, 0.1) is 6.92 Å². The maximum absolute atomic E-state index is 11.5. The summed E-state index contributed by atoms with van der Waals surface area (Å²) < 4.78 is 4.88. The van der Waals surface area contributed by atoms with E-state index in [9.17, 15) is 4.79 Å². The zero-order valence-electron chi connectivity index (χ0n) is 9.53. The van der Waals surface area contributed by atoms with Gasteiger partial charge < -0.3 is 4.74 Å². The highest BCUT2D eigenvalue weighted by molar-refractivity contribution is 6.35. The van der Waals surface area contributed by atoms with E-state index in [0.29, 0.717) is 17.1 Å². The average Bonchev–Trinajstić information content (AvgIpc) is 2.30. The van der Waals surface area contributed by atoms with Crippen molar-refractivity contribution in [2.45, 2.75) is 13.8 Å². The van der Waals surface area contributed by atoms with E-state index in [1.54, 1.807) is 13.1 Å². The molecule has 0 N–H and O–H groups in total. The summed E-state index contributed by atoms with van der Waals surface area (Å²) in [6.45, 7) is 3.92. The van der Waals surface area contributed by atoms with E-state index in [1.807, 2.05) is 13.0 Å². The molecule has 0 saturated carbocycles. The third-order valence-electron chi connectivity index (χ3n) is 2.27. The summed E-state index contributed by atoms with van der Waals surface area (Å²) >= 11 is 6.10. The molecule has 0 aromatic carbocycles. The molecule has 0 radical (unpaired) electrons. The molecule has 0 spiro atoms. The third kappa shape index (κ3) is 2.36. The van der Waals surface area contributed by atoms with Crippen LogP contribution in [-0.4, -0.2) is 22.5 Å². The molecule has 0 aliphatic carbocycles. The SMILES string of the molecule is CCOC(=O)c1cc(Cl)c2cc(C)ncc2n1. The summed E-state index contributed by atoms with van der Waals surface area (Å²) in [5, 5.41) is 1.26. The van der Waals surface area contributed by atoms with Gasteiger partial charge in [0.1, 0.15) is 0 Å². The summed E-state index contributed by atoms with van der Waals surface area (Å²) in [4.78, 5) is 19.8. The molecule has 0 atom stereocenters. The van der Waals surface area contributed by atoms with Crippen molar-refractivity contribution in [1.82, 2.24) is 9.97 Å². The van der Waals surface area contributed by atoms with E-state index in [2.05, 4.69) is 9.97 Å². The van der Waals surface area contributed by atoms with Crippen LogP contribution in [0.3, 0.4) is 0 Å². The first kappa shape index (κ1) is 11.8. The van der Waals surface area contributed by atoms with Gasteiger partial charge in [0.2, 0.25) is 0 Å². The third-order valence-corrected chi connectivity index (χ3v) is 2.58. The van der Waals surface area contributed by atoms with Gasteiger partial charge in [-0.3, -0.25) is 4.98 Å². The molecule has 0 amide bonds. The van der Waals surface area contributed by atoms with Gasteiger partial charge in [0.05, 0.1) is 23.3 Å². The molecular formula is C12H11ClN2O2. The molecule has 0 aliphatic rings. The van der Waals surface area contributed by atoms with E-state index in [1.165, 1.54) is 6.07 Å². The van der Waals surface area contributed by atoms with E-state index in [0.717, 1.165) is 11.1 Å². The first-order chi connectivity index (χ1) is 8.11. The van der Waals surface area contributed by atoms with Crippen LogP contribution in [0.15, 0.2) is 18.3 Å². The van der Waals surface area contributed by atoms with Crippen LogP contribution in [0.5, 0.6) is 0 Å². The number of esters is 1. The Morgan fingerprint density at radius 1 is 1.47 bits per heavy atom. The lowest BCUT2D eigenvalue weighted by Gasteiger charge is -2.05. The fraction of sp³-hybridized carbons (Fsp3) is 0.250. The van der Waals surface area contributed by atoms with Gasteiger partial charge in [0.15, 0.2) is 5.69 Å². The zero-order chi connectivity index (χ0) is 12.4. The number of nitrogens with zero attached hydrogens (tertiary/aromatic N) is 2. The first-order valence-electron chi connectivity index (χ1n) is 5.22. The second-order valence-corrected chi connectivity index (χ2v) is 3.96. The molecule has 0 aliphatic heterocycles. The Labute approximate surface area is 104 Å². The normalized spacial score (nSPS) is 10.5. The second kappa shape index (κ2) is 4.67. The number of hydrogen-bond acceptors (Lipinski definition) is 4. The van der Waals surface area contributed by atoms with Gasteiger partial charge in [0, 0.05) is 11.1 Å². The van der Waals surface area contributed by atoms with Crippen molar-refractivity contribution in [2.75, 3.05) is 6.61 Å². The molecule has 2 aromatic rings. The van der Waals surface area contributed by atoms with Crippen molar-refractivity contribution in [2.24, 2.45) is 0 Å². The molecule has 0 fully saturated rings. The lowest BCUT2D eigenvalue weighted by atomic mass is 10.2. The van der Waals surface area contributed by atoms with Crippen molar-refractivity contribution in [3.05, 3.63) is 34.7 Å². The van der Waals surface area contributed by atoms with Gasteiger partial charge in [-0.25, -0.2) is 9.78 Å². The summed E-state index contributed by atoms with van der Waals surface area (Å²) in [6.07, 6.45) is 1.60. The number of aryl methyl sites for hydroxylation is 1. The summed E-state index contributed by atoms with van der Waals surface area (Å²) in [5.41, 5.74) is 1.64. The van der Waals surface area contributed by atoms with Crippen molar-refractivity contribution >= 4 is 28.5 Å². The van der Waals surface area contributed by atoms with Crippen LogP contribution < -0.4 is 0 Å². The van der Waals surface area contributed by atoms with Gasteiger partial charge in [-0.2, -0.15) is 0 Å². The minimum Gasteiger partial charge on any atom is -0.461 e. The Morgan fingerprint density at radius 2 is 2.24 bits per heavy atom. The molecule has 0 unspecified atom stereocenters. The van der Waals surface area contributed by atoms with E-state index >= 15 is 0 Å². The van der Waals surface area contributed by atoms with E-state index in [-0.39, 0.29) is 5.69 Å². The monoisotopic (exact) mass is 250 g/mol. The Balaban J connectivity index is 2.56. The number of ether oxygens (including phenoxy) is 1. The lowest BCUT2D eigenvalue weighted by Crippen LogP contribution is -2.07. The Morgan fingerprint density at radius 3 is 2.94 bits per heavy atom. The van der Waals surface area contributed by atoms with E-state index < -0.39 is 5.97 Å². The Bertz CT molecular complexity index is 584. The Kier molecular flexibility index (Phi) is 3.24. The van der Waals surface area contributed by atoms with Crippen LogP contribution >= 0.6 is 11.6 Å². The van der Waals surface area contributed by atoms with Crippen LogP contribution in [0.2, 0.25) is 5.02 Å². The van der Waals surface area contributed by atoms with Crippen molar-refractivity contribution < 1.29 is 9.53 Å². The van der Waals surface area contributed by atoms with Crippen LogP contribution in [0.1, 0.15) is 23.1 Å². The molecule has 2 rings (SSSR count). The van der Waals surface area contributed by atoms with Crippen molar-refractivity contribution in [3.63, 3.8) is 0 Å². The fourth-order valence-corrected chi connectivity index (χ4v) is 1.76. The van der Waals surface area contributed by atoms with Gasteiger partial charge in [-0.15, -0.1) is 0 Å². The molecular weight excluding hydrogens is 240 g/mol. The maximum atomic E-state index is 11.5. The predicted octanol–water partition coefficient (Wildman–Crippen LogP) is 2.77. The molecule has 2 heterocycles. The molecule has 4 nitrogen and oxygen atoms in total. The maximum Gasteiger partial charge on any atom is 0.356 e. The minimum atomic E-state index is -0.475. The van der Waals surface area contributed by atoms with Crippen LogP contribution in [0.4, 0.5) is 0 Å². The molecule has 2 aromatic heterocycles. The fourth-order valence-electron chi connectivity index (χ4n) is 1.50. The van der Waals surface area contributed by atoms with Crippen LogP contribution in [-0.2, 0) is 4.74 Å². The van der Waals surface area contributed by atoms with Gasteiger partial charge in [-0.1, -0.05) is 11.6 Å². The lowest BCUT2D eigenvalue weighted by molar-refractivity contribution is 0.0520. The second-order valence-electron chi connectivity index (χ2n) is 3.55. The first-order valence-corrected chi connectivity index (χ1v) is 5.59. The number of carbonyl (C=O) groups is 1. The number of halogens is 1. The minimum absolute atomic E-state index is 0.204. The molecule has 88 valence electrons. The number of hydrogen-bond donors (Lipinski definition) is 0. The quantitative estimate of drug-likeness (QED) is 0.769. The highest BCUT2D eigenvalue weighted by Gasteiger charge is 2.12. The number of rotatable bonds is 2. The topological polar surface area (TPSA) is 52.1 Å². The molecule has 0 bridgehead atoms. The number of fused-ring (bicyclic) bond motifs is 1. The molecule has 17 heavy (non-hydrogen) atoms. The van der Waals surface area contributed by atoms with Gasteiger partial charge in [-0.05, 0) is 26.0 Å². The molecule has 0 saturated heterocycles. The van der Waals surface area contributed by atoms with Gasteiger partial charge >= 0.3 is 5.97 Å². The number of carbonyl (C=O) groups excluding carboxylic acids is 1. The number of aromatic nitrogens is 2.